The molecule has 0 radical (unpaired) electrons. The first-order valence-corrected chi connectivity index (χ1v) is 53.2. The quantitative estimate of drug-likeness (QED) is 0.169. The Bertz CT molecular complexity index is 11500. The smallest absolute Gasteiger partial charge is 0.143 e. The first-order valence-electron chi connectivity index (χ1n) is 51.6. The van der Waals surface area contributed by atoms with Gasteiger partial charge in [0.25, 0.3) is 0 Å². The molecule has 32 aromatic rings. The molecule has 6 heteroatoms. The van der Waals surface area contributed by atoms with Gasteiger partial charge in [-0.15, -0.1) is 22.7 Å². The van der Waals surface area contributed by atoms with Gasteiger partial charge in [-0.25, -0.2) is 0 Å². The zero-order valence-corrected chi connectivity index (χ0v) is 82.7. The van der Waals surface area contributed by atoms with Crippen molar-refractivity contribution in [2.24, 2.45) is 0 Å². The predicted octanol–water partition coefficient (Wildman–Crippen LogP) is 40.0. The second kappa shape index (κ2) is 32.0. The highest BCUT2D eigenvalue weighted by atomic mass is 32.1. The van der Waals surface area contributed by atoms with Gasteiger partial charge in [0.05, 0.1) is 27.5 Å². The molecule has 2 N–H and O–H groups in total. The van der Waals surface area contributed by atoms with E-state index in [4.69, 9.17) is 4.42 Å². The van der Waals surface area contributed by atoms with Gasteiger partial charge in [0.2, 0.25) is 0 Å². The minimum atomic E-state index is 0.0310. The van der Waals surface area contributed by atoms with Crippen molar-refractivity contribution in [2.75, 3.05) is 0 Å². The van der Waals surface area contributed by atoms with Crippen molar-refractivity contribution in [1.29, 1.82) is 0 Å². The Kier molecular flexibility index (Phi) is 18.0. The van der Waals surface area contributed by atoms with Crippen molar-refractivity contribution in [2.45, 2.75) is 38.5 Å². The van der Waals surface area contributed by atoms with Crippen molar-refractivity contribution in [3.05, 3.63) is 499 Å². The molecule has 36 rings (SSSR count). The Balaban J connectivity index is 0.0000000822. The van der Waals surface area contributed by atoms with Gasteiger partial charge in [-0.1, -0.05) is 366 Å². The monoisotopic (exact) mass is 1920 g/mol. The first-order chi connectivity index (χ1) is 73.1. The molecule has 0 amide bonds. The number of nitrogens with zero attached hydrogens (tertiary/aromatic N) is 1. The highest BCUT2D eigenvalue weighted by Crippen LogP contribution is 2.58. The third-order valence-corrected chi connectivity index (χ3v) is 35.6. The van der Waals surface area contributed by atoms with Gasteiger partial charge in [0.1, 0.15) is 11.2 Å². The van der Waals surface area contributed by atoms with Crippen LogP contribution in [0, 0.1) is 0 Å². The summed E-state index contributed by atoms with van der Waals surface area (Å²) in [5.41, 5.74) is 33.6. The Morgan fingerprint density at radius 3 is 1.44 bits per heavy atom. The van der Waals surface area contributed by atoms with Crippen LogP contribution in [0.2, 0.25) is 0 Å². The van der Waals surface area contributed by atoms with Crippen molar-refractivity contribution in [3.8, 4) is 50.2 Å². The summed E-state index contributed by atoms with van der Waals surface area (Å²) in [5.74, 6) is 0. The van der Waals surface area contributed by atoms with Crippen LogP contribution < -0.4 is 0 Å². The van der Waals surface area contributed by atoms with Gasteiger partial charge in [0, 0.05) is 106 Å². The van der Waals surface area contributed by atoms with Crippen molar-refractivity contribution >= 4 is 258 Å². The molecule has 4 aliphatic rings. The average Bonchev–Trinajstić information content (AvgIpc) is 1.55. The van der Waals surface area contributed by atoms with E-state index in [1.165, 1.54) is 297 Å². The molecular formula is C142H89N3OS2. The maximum absolute atomic E-state index is 6.33. The van der Waals surface area contributed by atoms with Crippen LogP contribution in [0.1, 0.15) is 58.4 Å². The van der Waals surface area contributed by atoms with Crippen molar-refractivity contribution < 1.29 is 4.42 Å². The fourth-order valence-corrected chi connectivity index (χ4v) is 28.9. The van der Waals surface area contributed by atoms with E-state index in [0.29, 0.717) is 0 Å². The van der Waals surface area contributed by atoms with Crippen LogP contribution in [0.15, 0.2) is 459 Å². The van der Waals surface area contributed by atoms with E-state index < -0.39 is 0 Å². The van der Waals surface area contributed by atoms with Crippen LogP contribution in [0.3, 0.4) is 0 Å². The number of aromatic amines is 2. The minimum absolute atomic E-state index is 0.0310. The summed E-state index contributed by atoms with van der Waals surface area (Å²) in [6.07, 6.45) is 3.09. The number of para-hydroxylation sites is 1. The minimum Gasteiger partial charge on any atom is -0.455 e. The Morgan fingerprint density at radius 2 is 0.709 bits per heavy atom. The Hall–Kier alpha value is -18.0. The van der Waals surface area contributed by atoms with Crippen LogP contribution in [0.25, 0.3) is 286 Å². The molecular weight excluding hydrogens is 1830 g/mol. The molecule has 0 fully saturated rings. The molecule has 0 saturated heterocycles. The molecule has 0 bridgehead atoms. The molecule has 26 aromatic carbocycles. The lowest BCUT2D eigenvalue weighted by Gasteiger charge is -2.22. The van der Waals surface area contributed by atoms with Gasteiger partial charge in [-0.05, 0) is 314 Å². The highest BCUT2D eigenvalue weighted by molar-refractivity contribution is 7.27. The molecule has 0 spiro atoms. The molecule has 0 unspecified atom stereocenters. The van der Waals surface area contributed by atoms with E-state index in [-0.39, 0.29) is 5.41 Å². The molecule has 148 heavy (non-hydrogen) atoms. The second-order valence-corrected chi connectivity index (χ2v) is 43.6. The first kappa shape index (κ1) is 83.4. The number of hydrogen-bond acceptors (Lipinski definition) is 3. The fourth-order valence-electron chi connectivity index (χ4n) is 26.5. The molecule has 690 valence electrons. The third kappa shape index (κ3) is 12.5. The number of H-pyrrole nitrogens is 2. The maximum Gasteiger partial charge on any atom is 0.143 e. The number of thiophene rings is 2. The Morgan fingerprint density at radius 1 is 0.236 bits per heavy atom. The number of rotatable bonds is 1. The number of benzene rings is 26. The molecule has 4 nitrogen and oxygen atoms in total. The molecule has 6 aromatic heterocycles. The summed E-state index contributed by atoms with van der Waals surface area (Å²) in [6.45, 7) is 4.77. The van der Waals surface area contributed by atoms with E-state index >= 15 is 0 Å². The van der Waals surface area contributed by atoms with Gasteiger partial charge in [-0.3, -0.25) is 0 Å². The summed E-state index contributed by atoms with van der Waals surface area (Å²) < 4.78 is 14.4. The van der Waals surface area contributed by atoms with Crippen LogP contribution in [-0.2, 0) is 24.7 Å². The Labute approximate surface area is 858 Å². The van der Waals surface area contributed by atoms with Gasteiger partial charge >= 0.3 is 0 Å². The standard InChI is InChI=1S/C32H20N2.C30H22.2C27H16S.C26H15NO/c1-2-11-23(12-3-1)34-28-17-15-25-30-24-13-7-6-8-20(24)14-16-27(30)33-32(25)31(28)26-18-21-9-4-5-10-22(21)19-29(26)34;1-30(2)27-12-11-23-24-14-19-8-4-3-7-18(19)13-22(24)16-25(23)29(27)26-15-20-9-5-6-10-21(20)17-28(26)30;1-3-7-18-16(5-1)9-11-20-21-13-14-25-26(24(21)15-23(18)20)22-12-10-17-6-2-4-8-19(17)27(22)28-25;1-3-7-19-16(5-1)9-10-18-15-22-21(25(18)19)12-14-24-27(22)26-20-8-4-2-6-17(20)11-13-23(26)28-24;1-2-7-17-14-22-21(13-16(17)6-1)19-11-12-23-24(25(19)27-22)20-10-9-15-5-3-4-8-18(15)26(20)28-23/h1-19,33H;3-15,17H,16H2,1-2H3;2*1-14H,15H2;1-14,27H. The lowest BCUT2D eigenvalue weighted by molar-refractivity contribution is 0.661. The summed E-state index contributed by atoms with van der Waals surface area (Å²) in [6, 6.07) is 167. The lowest BCUT2D eigenvalue weighted by atomic mass is 9.81. The van der Waals surface area contributed by atoms with E-state index in [0.717, 1.165) is 52.2 Å². The number of fused-ring (bicyclic) bond motifs is 51. The summed E-state index contributed by atoms with van der Waals surface area (Å²) in [5, 5.41) is 41.9. The predicted molar refractivity (Wildman–Crippen MR) is 636 cm³/mol. The lowest BCUT2D eigenvalue weighted by Crippen LogP contribution is -2.15. The molecule has 6 heterocycles. The van der Waals surface area contributed by atoms with E-state index in [2.05, 4.69) is 483 Å². The topological polar surface area (TPSA) is 49.6 Å². The zero-order chi connectivity index (χ0) is 97.0. The third-order valence-electron chi connectivity index (χ3n) is 33.3. The maximum atomic E-state index is 6.33. The summed E-state index contributed by atoms with van der Waals surface area (Å²) in [7, 11) is 0. The summed E-state index contributed by atoms with van der Waals surface area (Å²) >= 11 is 3.86. The van der Waals surface area contributed by atoms with Crippen LogP contribution in [0.4, 0.5) is 0 Å². The second-order valence-electron chi connectivity index (χ2n) is 41.5. The number of aromatic nitrogens is 3. The highest BCUT2D eigenvalue weighted by Gasteiger charge is 2.40. The van der Waals surface area contributed by atoms with Crippen LogP contribution in [-0.4, -0.2) is 14.5 Å². The number of furan rings is 1. The van der Waals surface area contributed by atoms with Crippen molar-refractivity contribution in [3.63, 3.8) is 0 Å². The molecule has 4 aliphatic carbocycles. The van der Waals surface area contributed by atoms with Gasteiger partial charge in [0.15, 0.2) is 0 Å². The zero-order valence-electron chi connectivity index (χ0n) is 81.1. The fraction of sp³-hybridized carbons (Fsp3) is 0.0423. The largest absolute Gasteiger partial charge is 0.455 e. The van der Waals surface area contributed by atoms with Crippen molar-refractivity contribution in [1.82, 2.24) is 14.5 Å². The molecule has 0 saturated carbocycles. The average molecular weight is 1920 g/mol. The van der Waals surface area contributed by atoms with Gasteiger partial charge < -0.3 is 19.0 Å². The van der Waals surface area contributed by atoms with Crippen LogP contribution >= 0.6 is 22.7 Å². The van der Waals surface area contributed by atoms with E-state index in [1.807, 2.05) is 22.7 Å². The molecule has 0 aliphatic heterocycles. The molecule has 0 atom stereocenters. The number of nitrogens with one attached hydrogen (secondary N) is 2. The number of hydrogen-bond donors (Lipinski definition) is 2. The normalized spacial score (nSPS) is 13.0. The van der Waals surface area contributed by atoms with Crippen LogP contribution in [0.5, 0.6) is 0 Å². The SMILES string of the molecule is CC1(C)c2cc3ccccc3cc2-c2c1ccc1c2Cc2cc3ccccc3cc2-1.c1ccc(-n2c3cc4ccccc4cc3c3c4[nH]c5ccc6ccccc6c5c4ccc32)cc1.c1ccc2c3c(ccc2c1)-c1ccc2sc4c5ccccc5ccc4c2c1C3.c1ccc2c3c(ccc2c1)Cc1c-3ccc2sc3ccc4ccccc4c3c12.c1ccc2cc3c(cc2c1)[nH]c1c3ccc2oc3c4ccccc4ccc3c21. The van der Waals surface area contributed by atoms with Gasteiger partial charge in [-0.2, -0.15) is 0 Å². The van der Waals surface area contributed by atoms with E-state index in [9.17, 15) is 0 Å². The van der Waals surface area contributed by atoms with E-state index in [1.54, 1.807) is 0 Å². The summed E-state index contributed by atoms with van der Waals surface area (Å²) in [4.78, 5) is 7.48.